The summed E-state index contributed by atoms with van der Waals surface area (Å²) < 4.78 is 11.2. The highest BCUT2D eigenvalue weighted by atomic mass is 16.5. The third-order valence-corrected chi connectivity index (χ3v) is 3.06. The van der Waals surface area contributed by atoms with Crippen molar-refractivity contribution in [3.05, 3.63) is 11.8 Å². The molecule has 1 aromatic rings. The van der Waals surface area contributed by atoms with E-state index in [9.17, 15) is 0 Å². The van der Waals surface area contributed by atoms with Crippen LogP contribution in [-0.4, -0.2) is 36.3 Å². The first kappa shape index (κ1) is 13.1. The van der Waals surface area contributed by atoms with Gasteiger partial charge in [-0.15, -0.1) is 0 Å². The van der Waals surface area contributed by atoms with Crippen LogP contribution in [0.1, 0.15) is 25.3 Å². The summed E-state index contributed by atoms with van der Waals surface area (Å²) in [5, 5.41) is 3.09. The largest absolute Gasteiger partial charge is 0.477 e. The van der Waals surface area contributed by atoms with Gasteiger partial charge < -0.3 is 14.8 Å². The average Bonchev–Trinajstić information content (AvgIpc) is 2.41. The first-order chi connectivity index (χ1) is 8.79. The van der Waals surface area contributed by atoms with Gasteiger partial charge in [0.15, 0.2) is 0 Å². The number of nitrogens with one attached hydrogen (secondary N) is 1. The Hall–Kier alpha value is -1.36. The van der Waals surface area contributed by atoms with Crippen LogP contribution in [-0.2, 0) is 4.74 Å². The quantitative estimate of drug-likeness (QED) is 0.867. The Morgan fingerprint density at radius 1 is 1.44 bits per heavy atom. The number of aromatic nitrogens is 2. The molecule has 5 nitrogen and oxygen atoms in total. The van der Waals surface area contributed by atoms with Crippen LogP contribution in [0.3, 0.4) is 0 Å². The molecular formula is C13H21N3O2. The zero-order valence-corrected chi connectivity index (χ0v) is 11.1. The molecule has 1 aliphatic heterocycles. The molecule has 1 N–H and O–H groups in total. The smallest absolute Gasteiger partial charge is 0.225 e. The Bertz CT molecular complexity index is 378. The van der Waals surface area contributed by atoms with Crippen LogP contribution in [0, 0.1) is 12.8 Å². The molecule has 1 aromatic heterocycles. The molecule has 1 aliphatic rings. The molecule has 0 aromatic carbocycles. The number of nitrogens with zero attached hydrogens (tertiary/aromatic N) is 2. The summed E-state index contributed by atoms with van der Waals surface area (Å²) >= 11 is 0. The van der Waals surface area contributed by atoms with E-state index < -0.39 is 0 Å². The zero-order chi connectivity index (χ0) is 12.8. The minimum Gasteiger partial charge on any atom is -0.477 e. The highest BCUT2D eigenvalue weighted by Gasteiger charge is 2.15. The minimum atomic E-state index is 0.579. The number of aryl methyl sites for hydroxylation is 1. The molecule has 0 bridgehead atoms. The lowest BCUT2D eigenvalue weighted by Gasteiger charge is -2.22. The monoisotopic (exact) mass is 251 g/mol. The average molecular weight is 251 g/mol. The maximum atomic E-state index is 5.82. The molecule has 100 valence electrons. The van der Waals surface area contributed by atoms with Gasteiger partial charge in [-0.05, 0) is 32.6 Å². The van der Waals surface area contributed by atoms with Gasteiger partial charge in [-0.1, -0.05) is 0 Å². The summed E-state index contributed by atoms with van der Waals surface area (Å²) in [7, 11) is 0. The first-order valence-corrected chi connectivity index (χ1v) is 6.57. The van der Waals surface area contributed by atoms with E-state index in [1.807, 2.05) is 13.8 Å². The fourth-order valence-corrected chi connectivity index (χ4v) is 1.93. The number of rotatable bonds is 5. The second-order valence-corrected chi connectivity index (χ2v) is 4.58. The molecule has 18 heavy (non-hydrogen) atoms. The number of hydrogen-bond acceptors (Lipinski definition) is 5. The summed E-state index contributed by atoms with van der Waals surface area (Å²) in [5.41, 5.74) is 0.976. The van der Waals surface area contributed by atoms with Crippen molar-refractivity contribution in [3.8, 4) is 5.88 Å². The van der Waals surface area contributed by atoms with Gasteiger partial charge in [-0.25, -0.2) is 4.98 Å². The maximum Gasteiger partial charge on any atom is 0.225 e. The predicted molar refractivity (Wildman–Crippen MR) is 70.0 cm³/mol. The lowest BCUT2D eigenvalue weighted by atomic mass is 10.0. The highest BCUT2D eigenvalue weighted by molar-refractivity contribution is 5.32. The van der Waals surface area contributed by atoms with Crippen molar-refractivity contribution in [1.82, 2.24) is 9.97 Å². The van der Waals surface area contributed by atoms with Gasteiger partial charge in [0.2, 0.25) is 11.8 Å². The summed E-state index contributed by atoms with van der Waals surface area (Å²) in [6.07, 6.45) is 3.94. The molecule has 1 saturated heterocycles. The van der Waals surface area contributed by atoms with E-state index in [0.29, 0.717) is 24.4 Å². The Kier molecular flexibility index (Phi) is 4.75. The van der Waals surface area contributed by atoms with Crippen molar-refractivity contribution in [2.75, 3.05) is 31.7 Å². The molecule has 5 heteroatoms. The van der Waals surface area contributed by atoms with Gasteiger partial charge in [0.05, 0.1) is 6.61 Å². The van der Waals surface area contributed by atoms with Crippen molar-refractivity contribution in [2.24, 2.45) is 5.92 Å². The molecule has 0 amide bonds. The fraction of sp³-hybridized carbons (Fsp3) is 0.692. The van der Waals surface area contributed by atoms with E-state index in [1.165, 1.54) is 0 Å². The van der Waals surface area contributed by atoms with Crippen molar-refractivity contribution >= 4 is 5.95 Å². The van der Waals surface area contributed by atoms with E-state index >= 15 is 0 Å². The molecule has 2 rings (SSSR count). The topological polar surface area (TPSA) is 56.3 Å². The molecule has 0 spiro atoms. The van der Waals surface area contributed by atoms with Gasteiger partial charge in [0.25, 0.3) is 0 Å². The van der Waals surface area contributed by atoms with E-state index in [-0.39, 0.29) is 0 Å². The van der Waals surface area contributed by atoms with Crippen LogP contribution in [0.25, 0.3) is 0 Å². The van der Waals surface area contributed by atoms with Crippen molar-refractivity contribution < 1.29 is 9.47 Å². The van der Waals surface area contributed by atoms with Crippen LogP contribution < -0.4 is 10.1 Å². The van der Waals surface area contributed by atoms with Crippen molar-refractivity contribution in [2.45, 2.75) is 26.7 Å². The van der Waals surface area contributed by atoms with Crippen molar-refractivity contribution in [3.63, 3.8) is 0 Å². The van der Waals surface area contributed by atoms with Gasteiger partial charge in [-0.3, -0.25) is 0 Å². The summed E-state index contributed by atoms with van der Waals surface area (Å²) in [6, 6.07) is 0. The zero-order valence-electron chi connectivity index (χ0n) is 11.1. The Balaban J connectivity index is 1.92. The molecular weight excluding hydrogens is 230 g/mol. The maximum absolute atomic E-state index is 5.82. The van der Waals surface area contributed by atoms with E-state index in [4.69, 9.17) is 9.47 Å². The van der Waals surface area contributed by atoms with Crippen LogP contribution in [0.5, 0.6) is 5.88 Å². The van der Waals surface area contributed by atoms with Gasteiger partial charge in [0.1, 0.15) is 0 Å². The lowest BCUT2D eigenvalue weighted by molar-refractivity contribution is 0.0489. The SMILES string of the molecule is CCNc1ncc(C)c(OCC2CCOCC2)n1. The summed E-state index contributed by atoms with van der Waals surface area (Å²) in [5.74, 6) is 1.90. The molecule has 0 aliphatic carbocycles. The first-order valence-electron chi connectivity index (χ1n) is 6.57. The second-order valence-electron chi connectivity index (χ2n) is 4.58. The predicted octanol–water partition coefficient (Wildman–Crippen LogP) is 2.02. The normalized spacial score (nSPS) is 16.6. The Morgan fingerprint density at radius 2 is 2.22 bits per heavy atom. The second kappa shape index (κ2) is 6.54. The standard InChI is InChI=1S/C13H21N3O2/c1-3-14-13-15-8-10(2)12(16-13)18-9-11-4-6-17-7-5-11/h8,11H,3-7,9H2,1-2H3,(H,14,15,16). The van der Waals surface area contributed by atoms with E-state index in [0.717, 1.165) is 38.2 Å². The van der Waals surface area contributed by atoms with Crippen LogP contribution >= 0.6 is 0 Å². The van der Waals surface area contributed by atoms with Gasteiger partial charge in [-0.2, -0.15) is 4.98 Å². The summed E-state index contributed by atoms with van der Waals surface area (Å²) in [6.45, 7) is 7.20. The number of ether oxygens (including phenoxy) is 2. The van der Waals surface area contributed by atoms with E-state index in [2.05, 4.69) is 15.3 Å². The molecule has 1 fully saturated rings. The van der Waals surface area contributed by atoms with Crippen molar-refractivity contribution in [1.29, 1.82) is 0 Å². The number of anilines is 1. The Morgan fingerprint density at radius 3 is 2.94 bits per heavy atom. The fourth-order valence-electron chi connectivity index (χ4n) is 1.93. The summed E-state index contributed by atoms with van der Waals surface area (Å²) in [4.78, 5) is 8.57. The van der Waals surface area contributed by atoms with E-state index in [1.54, 1.807) is 6.20 Å². The molecule has 2 heterocycles. The molecule has 0 saturated carbocycles. The third-order valence-electron chi connectivity index (χ3n) is 3.06. The lowest BCUT2D eigenvalue weighted by Crippen LogP contribution is -2.22. The van der Waals surface area contributed by atoms with Gasteiger partial charge >= 0.3 is 0 Å². The van der Waals surface area contributed by atoms with Gasteiger partial charge in [0, 0.05) is 31.5 Å². The third kappa shape index (κ3) is 3.57. The molecule has 0 atom stereocenters. The Labute approximate surface area is 108 Å². The molecule has 0 radical (unpaired) electrons. The minimum absolute atomic E-state index is 0.579. The molecule has 0 unspecified atom stereocenters. The van der Waals surface area contributed by atoms with Crippen LogP contribution in [0.15, 0.2) is 6.20 Å². The van der Waals surface area contributed by atoms with Crippen LogP contribution in [0.4, 0.5) is 5.95 Å². The van der Waals surface area contributed by atoms with Crippen LogP contribution in [0.2, 0.25) is 0 Å². The number of hydrogen-bond donors (Lipinski definition) is 1. The highest BCUT2D eigenvalue weighted by Crippen LogP contribution is 2.19.